The highest BCUT2D eigenvalue weighted by molar-refractivity contribution is 6.20. The zero-order valence-corrected chi connectivity index (χ0v) is 20.7. The number of nitrogens with zero attached hydrogens (tertiary/aromatic N) is 2. The van der Waals surface area contributed by atoms with Gasteiger partial charge in [-0.3, -0.25) is 14.4 Å². The monoisotopic (exact) mass is 556 g/mol. The highest BCUT2D eigenvalue weighted by atomic mass is 19.4. The first-order chi connectivity index (χ1) is 18.2. The summed E-state index contributed by atoms with van der Waals surface area (Å²) in [5.41, 5.74) is 7.08. The zero-order chi connectivity index (χ0) is 29.0. The van der Waals surface area contributed by atoms with Gasteiger partial charge in [0.2, 0.25) is 18.0 Å². The average Bonchev–Trinajstić information content (AvgIpc) is 2.95. The number of carbonyl (C=O) groups excluding carboxylic acids is 3. The minimum absolute atomic E-state index is 0.296. The predicted molar refractivity (Wildman–Crippen MR) is 131 cm³/mol. The number of fused-ring (bicyclic) bond motifs is 1. The molecule has 2 aromatic rings. The molecule has 1 heterocycles. The van der Waals surface area contributed by atoms with E-state index in [-0.39, 0.29) is 0 Å². The summed E-state index contributed by atoms with van der Waals surface area (Å²) in [4.78, 5) is 44.2. The molecule has 2 aromatic carbocycles. The summed E-state index contributed by atoms with van der Waals surface area (Å²) in [7, 11) is 1.42. The van der Waals surface area contributed by atoms with Crippen LogP contribution in [0.25, 0.3) is 0 Å². The van der Waals surface area contributed by atoms with Crippen LogP contribution in [0.15, 0.2) is 59.6 Å². The first-order valence-electron chi connectivity index (χ1n) is 11.9. The van der Waals surface area contributed by atoms with Crippen molar-refractivity contribution in [3.63, 3.8) is 0 Å². The van der Waals surface area contributed by atoms with Crippen LogP contribution in [0.2, 0.25) is 0 Å². The number of halogens is 6. The van der Waals surface area contributed by atoms with Gasteiger partial charge in [-0.15, -0.1) is 0 Å². The number of hydrogen-bond acceptors (Lipinski definition) is 4. The summed E-state index contributed by atoms with van der Waals surface area (Å²) in [6.45, 7) is 0. The van der Waals surface area contributed by atoms with Gasteiger partial charge in [0.05, 0.1) is 11.4 Å². The lowest BCUT2D eigenvalue weighted by molar-refractivity contribution is -0.152. The lowest BCUT2D eigenvalue weighted by atomic mass is 9.83. The Hall–Kier alpha value is -3.90. The van der Waals surface area contributed by atoms with Crippen LogP contribution in [0.1, 0.15) is 36.8 Å². The smallest absolute Gasteiger partial charge is 0.369 e. The van der Waals surface area contributed by atoms with E-state index in [4.69, 9.17) is 5.73 Å². The number of para-hydroxylation sites is 1. The molecule has 3 N–H and O–H groups in total. The van der Waals surface area contributed by atoms with Gasteiger partial charge in [-0.2, -0.15) is 26.3 Å². The molecular weight excluding hydrogens is 530 g/mol. The molecule has 1 aliphatic heterocycles. The Morgan fingerprint density at radius 2 is 1.46 bits per heavy atom. The van der Waals surface area contributed by atoms with Crippen molar-refractivity contribution in [1.82, 2.24) is 5.32 Å². The van der Waals surface area contributed by atoms with Gasteiger partial charge in [-0.1, -0.05) is 48.5 Å². The lowest BCUT2D eigenvalue weighted by Gasteiger charge is -2.27. The molecule has 0 aliphatic carbocycles. The summed E-state index contributed by atoms with van der Waals surface area (Å²) < 4.78 is 77.7. The third kappa shape index (κ3) is 7.80. The molecule has 1 unspecified atom stereocenters. The van der Waals surface area contributed by atoms with Crippen LogP contribution in [0.3, 0.4) is 0 Å². The minimum Gasteiger partial charge on any atom is -0.369 e. The van der Waals surface area contributed by atoms with E-state index in [9.17, 15) is 40.7 Å². The van der Waals surface area contributed by atoms with Crippen molar-refractivity contribution in [3.8, 4) is 0 Å². The topological polar surface area (TPSA) is 105 Å². The summed E-state index contributed by atoms with van der Waals surface area (Å²) in [5.74, 6) is -7.08. The van der Waals surface area contributed by atoms with E-state index >= 15 is 0 Å². The molecule has 0 aromatic heterocycles. The van der Waals surface area contributed by atoms with Crippen LogP contribution in [0.4, 0.5) is 32.0 Å². The number of benzene rings is 2. The second-order valence-electron chi connectivity index (χ2n) is 9.09. The SMILES string of the molecule is CN1C(=O)[C@@H](NC(=O)[C@H](CCC(F)(F)F)C(CCC(F)(F)F)C(N)=O)N=C(c2ccccc2)c2ccccc21. The number of primary amides is 1. The fourth-order valence-electron chi connectivity index (χ4n) is 4.38. The Morgan fingerprint density at radius 3 is 2.03 bits per heavy atom. The summed E-state index contributed by atoms with van der Waals surface area (Å²) >= 11 is 0. The van der Waals surface area contributed by atoms with Crippen LogP contribution in [-0.2, 0) is 14.4 Å². The average molecular weight is 557 g/mol. The maximum atomic E-state index is 13.3. The van der Waals surface area contributed by atoms with E-state index in [2.05, 4.69) is 10.3 Å². The first-order valence-corrected chi connectivity index (χ1v) is 11.9. The van der Waals surface area contributed by atoms with Crippen LogP contribution < -0.4 is 16.0 Å². The quantitative estimate of drug-likeness (QED) is 0.449. The number of likely N-dealkylation sites (N-methyl/N-ethyl adjacent to an activating group) is 1. The van der Waals surface area contributed by atoms with Crippen molar-refractivity contribution in [2.45, 2.75) is 44.2 Å². The second-order valence-corrected chi connectivity index (χ2v) is 9.09. The summed E-state index contributed by atoms with van der Waals surface area (Å²) in [6, 6.07) is 15.3. The second kappa shape index (κ2) is 11.9. The fraction of sp³-hybridized carbons (Fsp3) is 0.385. The van der Waals surface area contributed by atoms with E-state index in [0.717, 1.165) is 0 Å². The number of amides is 3. The van der Waals surface area contributed by atoms with Crippen LogP contribution in [-0.4, -0.2) is 49.0 Å². The van der Waals surface area contributed by atoms with E-state index in [1.807, 2.05) is 0 Å². The van der Waals surface area contributed by atoms with Crippen molar-refractivity contribution in [2.24, 2.45) is 22.6 Å². The van der Waals surface area contributed by atoms with E-state index < -0.39 is 73.8 Å². The molecule has 39 heavy (non-hydrogen) atoms. The maximum Gasteiger partial charge on any atom is 0.389 e. The van der Waals surface area contributed by atoms with Gasteiger partial charge in [-0.05, 0) is 18.9 Å². The van der Waals surface area contributed by atoms with Crippen molar-refractivity contribution in [1.29, 1.82) is 0 Å². The Balaban J connectivity index is 2.00. The number of anilines is 1. The fourth-order valence-corrected chi connectivity index (χ4v) is 4.38. The van der Waals surface area contributed by atoms with Crippen LogP contribution in [0, 0.1) is 11.8 Å². The van der Waals surface area contributed by atoms with E-state index in [1.54, 1.807) is 54.6 Å². The number of alkyl halides is 6. The molecule has 0 saturated heterocycles. The van der Waals surface area contributed by atoms with Crippen LogP contribution >= 0.6 is 0 Å². The van der Waals surface area contributed by atoms with Crippen LogP contribution in [0.5, 0.6) is 0 Å². The third-order valence-electron chi connectivity index (χ3n) is 6.33. The number of carbonyl (C=O) groups is 3. The summed E-state index contributed by atoms with van der Waals surface area (Å²) in [6.07, 6.45) is -16.2. The Morgan fingerprint density at radius 1 is 0.923 bits per heavy atom. The molecule has 13 heteroatoms. The van der Waals surface area contributed by atoms with Gasteiger partial charge < -0.3 is 16.0 Å². The number of nitrogens with two attached hydrogens (primary N) is 1. The van der Waals surface area contributed by atoms with E-state index in [1.165, 1.54) is 11.9 Å². The van der Waals surface area contributed by atoms with Gasteiger partial charge in [0.15, 0.2) is 0 Å². The molecule has 210 valence electrons. The van der Waals surface area contributed by atoms with Crippen molar-refractivity contribution >= 4 is 29.1 Å². The Bertz CT molecular complexity index is 1230. The van der Waals surface area contributed by atoms with Gasteiger partial charge in [0.1, 0.15) is 0 Å². The third-order valence-corrected chi connectivity index (χ3v) is 6.33. The number of nitrogens with one attached hydrogen (secondary N) is 1. The number of benzodiazepines with no additional fused rings is 1. The molecule has 0 fully saturated rings. The minimum atomic E-state index is -4.76. The number of hydrogen-bond donors (Lipinski definition) is 2. The van der Waals surface area contributed by atoms with Gasteiger partial charge in [-0.25, -0.2) is 4.99 Å². The predicted octanol–water partition coefficient (Wildman–Crippen LogP) is 4.35. The van der Waals surface area contributed by atoms with Crippen molar-refractivity contribution < 1.29 is 40.7 Å². The van der Waals surface area contributed by atoms with Gasteiger partial charge in [0.25, 0.3) is 5.91 Å². The molecule has 3 atom stereocenters. The summed E-state index contributed by atoms with van der Waals surface area (Å²) in [5, 5.41) is 2.27. The molecule has 3 amide bonds. The molecule has 7 nitrogen and oxygen atoms in total. The molecule has 0 spiro atoms. The zero-order valence-electron chi connectivity index (χ0n) is 20.7. The molecular formula is C26H26F6N4O3. The van der Waals surface area contributed by atoms with Gasteiger partial charge in [0, 0.05) is 42.9 Å². The van der Waals surface area contributed by atoms with Crippen molar-refractivity contribution in [3.05, 3.63) is 65.7 Å². The highest BCUT2D eigenvalue weighted by Crippen LogP contribution is 2.33. The largest absolute Gasteiger partial charge is 0.389 e. The lowest BCUT2D eigenvalue weighted by Crippen LogP contribution is -2.50. The van der Waals surface area contributed by atoms with Gasteiger partial charge >= 0.3 is 12.4 Å². The molecule has 0 saturated carbocycles. The molecule has 3 rings (SSSR count). The Labute approximate surface area is 220 Å². The molecule has 0 radical (unpaired) electrons. The van der Waals surface area contributed by atoms with E-state index in [0.29, 0.717) is 22.5 Å². The highest BCUT2D eigenvalue weighted by Gasteiger charge is 2.41. The van der Waals surface area contributed by atoms with Crippen molar-refractivity contribution in [2.75, 3.05) is 11.9 Å². The maximum absolute atomic E-state index is 13.3. The standard InChI is InChI=1S/C26H26F6N4O3/c1-36-19-10-6-5-9-18(19)20(15-7-3-2-4-8-15)34-22(24(36)39)35-23(38)17(12-14-26(30,31)32)16(21(33)37)11-13-25(27,28)29/h2-10,16-17,22H,11-14H2,1H3,(H2,33,37)(H,35,38)/t16?,17-,22-/m1/s1. The number of aliphatic imine (C=N–C) groups is 1. The number of rotatable bonds is 9. The molecule has 0 bridgehead atoms. The normalized spacial score (nSPS) is 17.5. The first kappa shape index (κ1) is 29.7. The molecule has 1 aliphatic rings. The Kier molecular flexibility index (Phi) is 9.03.